The van der Waals surface area contributed by atoms with Crippen molar-refractivity contribution >= 4 is 5.69 Å². The van der Waals surface area contributed by atoms with E-state index in [0.29, 0.717) is 5.92 Å². The van der Waals surface area contributed by atoms with Crippen LogP contribution < -0.4 is 5.32 Å². The highest BCUT2D eigenvalue weighted by molar-refractivity contribution is 5.75. The van der Waals surface area contributed by atoms with Crippen molar-refractivity contribution in [3.8, 4) is 11.5 Å². The number of phenols is 2. The molecular weight excluding hydrogens is 322 g/mol. The Kier molecular flexibility index (Phi) is 7.25. The summed E-state index contributed by atoms with van der Waals surface area (Å²) in [5, 5.41) is 25.8. The third-order valence-electron chi connectivity index (χ3n) is 6.16. The predicted octanol–water partition coefficient (Wildman–Crippen LogP) is 6.61. The van der Waals surface area contributed by atoms with Gasteiger partial charge in [0.15, 0.2) is 11.5 Å². The van der Waals surface area contributed by atoms with Crippen LogP contribution >= 0.6 is 0 Å². The Labute approximate surface area is 160 Å². The molecule has 1 aromatic rings. The highest BCUT2D eigenvalue weighted by atomic mass is 16.3. The minimum atomic E-state index is -0.0787. The fraction of sp³-hybridized carbons (Fsp3) is 0.739. The van der Waals surface area contributed by atoms with E-state index >= 15 is 0 Å². The molecule has 0 aromatic heterocycles. The second kappa shape index (κ2) is 9.01. The Balaban J connectivity index is 2.68. The molecule has 0 saturated heterocycles. The van der Waals surface area contributed by atoms with Crippen molar-refractivity contribution in [2.24, 2.45) is 0 Å². The molecule has 1 aliphatic heterocycles. The SMILES string of the molecule is CCCC(CCC)c1c(O)c(O)c(C(C)(CCC)CCC)c2c1NCC2. The number of hydrogen-bond donors (Lipinski definition) is 3. The standard InChI is InChI=1S/C23H39NO2/c1-6-10-16(11-7-2)18-20-17(12-15-24-20)19(22(26)21(18)25)23(5,13-8-3)14-9-4/h16,24-26H,6-15H2,1-5H3. The van der Waals surface area contributed by atoms with Crippen molar-refractivity contribution in [1.29, 1.82) is 0 Å². The third-order valence-corrected chi connectivity index (χ3v) is 6.16. The lowest BCUT2D eigenvalue weighted by molar-refractivity contribution is 0.345. The average Bonchev–Trinajstić information content (AvgIpc) is 3.04. The Morgan fingerprint density at radius 2 is 1.50 bits per heavy atom. The summed E-state index contributed by atoms with van der Waals surface area (Å²) in [4.78, 5) is 0. The van der Waals surface area contributed by atoms with Crippen LogP contribution in [0.4, 0.5) is 5.69 Å². The number of nitrogens with one attached hydrogen (secondary N) is 1. The Hall–Kier alpha value is -1.38. The van der Waals surface area contributed by atoms with E-state index in [9.17, 15) is 10.2 Å². The van der Waals surface area contributed by atoms with Crippen LogP contribution in [0.3, 0.4) is 0 Å². The Bertz CT molecular complexity index is 597. The first-order valence-corrected chi connectivity index (χ1v) is 10.8. The van der Waals surface area contributed by atoms with Crippen molar-refractivity contribution in [2.45, 2.75) is 104 Å². The molecule has 0 unspecified atom stereocenters. The van der Waals surface area contributed by atoms with Gasteiger partial charge in [0.2, 0.25) is 0 Å². The maximum absolute atomic E-state index is 11.1. The molecule has 26 heavy (non-hydrogen) atoms. The summed E-state index contributed by atoms with van der Waals surface area (Å²) in [5.41, 5.74) is 4.29. The molecule has 3 heteroatoms. The van der Waals surface area contributed by atoms with Crippen LogP contribution in [0.15, 0.2) is 0 Å². The second-order valence-corrected chi connectivity index (χ2v) is 8.35. The lowest BCUT2D eigenvalue weighted by atomic mass is 9.71. The molecule has 0 spiro atoms. The number of fused-ring (bicyclic) bond motifs is 1. The van der Waals surface area contributed by atoms with E-state index in [1.54, 1.807) is 0 Å². The summed E-state index contributed by atoms with van der Waals surface area (Å²) in [7, 11) is 0. The van der Waals surface area contributed by atoms with Gasteiger partial charge in [-0.15, -0.1) is 0 Å². The zero-order chi connectivity index (χ0) is 19.3. The maximum Gasteiger partial charge on any atom is 0.163 e. The van der Waals surface area contributed by atoms with E-state index in [1.165, 1.54) is 5.56 Å². The molecule has 0 radical (unpaired) electrons. The molecule has 1 heterocycles. The van der Waals surface area contributed by atoms with Gasteiger partial charge in [0.25, 0.3) is 0 Å². The maximum atomic E-state index is 11.1. The van der Waals surface area contributed by atoms with Gasteiger partial charge >= 0.3 is 0 Å². The number of rotatable bonds is 10. The smallest absolute Gasteiger partial charge is 0.163 e. The largest absolute Gasteiger partial charge is 0.504 e. The van der Waals surface area contributed by atoms with E-state index in [-0.39, 0.29) is 16.9 Å². The monoisotopic (exact) mass is 361 g/mol. The number of phenolic OH excluding ortho intramolecular Hbond substituents is 2. The first-order chi connectivity index (χ1) is 12.4. The minimum absolute atomic E-state index is 0.0787. The second-order valence-electron chi connectivity index (χ2n) is 8.35. The fourth-order valence-corrected chi connectivity index (χ4v) is 5.22. The third kappa shape index (κ3) is 3.82. The van der Waals surface area contributed by atoms with E-state index in [0.717, 1.165) is 81.1 Å². The fourth-order valence-electron chi connectivity index (χ4n) is 5.22. The number of hydrogen-bond acceptors (Lipinski definition) is 3. The highest BCUT2D eigenvalue weighted by Crippen LogP contribution is 2.53. The Morgan fingerprint density at radius 3 is 2.00 bits per heavy atom. The van der Waals surface area contributed by atoms with Gasteiger partial charge in [0.05, 0.1) is 0 Å². The minimum Gasteiger partial charge on any atom is -0.504 e. The molecule has 3 nitrogen and oxygen atoms in total. The van der Waals surface area contributed by atoms with Gasteiger partial charge in [-0.25, -0.2) is 0 Å². The van der Waals surface area contributed by atoms with E-state index in [4.69, 9.17) is 0 Å². The normalized spacial score (nSPS) is 13.9. The molecule has 0 atom stereocenters. The van der Waals surface area contributed by atoms with Crippen molar-refractivity contribution in [3.63, 3.8) is 0 Å². The van der Waals surface area contributed by atoms with Gasteiger partial charge in [0, 0.05) is 23.4 Å². The van der Waals surface area contributed by atoms with Gasteiger partial charge < -0.3 is 15.5 Å². The quantitative estimate of drug-likeness (QED) is 0.325. The zero-order valence-electron chi connectivity index (χ0n) is 17.5. The molecule has 0 bridgehead atoms. The summed E-state index contributed by atoms with van der Waals surface area (Å²) in [6, 6.07) is 0. The van der Waals surface area contributed by atoms with Gasteiger partial charge in [-0.1, -0.05) is 60.3 Å². The van der Waals surface area contributed by atoms with Crippen molar-refractivity contribution in [2.75, 3.05) is 11.9 Å². The molecule has 0 fully saturated rings. The molecule has 0 saturated carbocycles. The number of anilines is 1. The summed E-state index contributed by atoms with van der Waals surface area (Å²) in [6.45, 7) is 12.0. The van der Waals surface area contributed by atoms with Crippen LogP contribution in [0.5, 0.6) is 11.5 Å². The van der Waals surface area contributed by atoms with Crippen molar-refractivity contribution in [3.05, 3.63) is 16.7 Å². The van der Waals surface area contributed by atoms with E-state index < -0.39 is 0 Å². The summed E-state index contributed by atoms with van der Waals surface area (Å²) >= 11 is 0. The van der Waals surface area contributed by atoms with Crippen molar-refractivity contribution in [1.82, 2.24) is 0 Å². The van der Waals surface area contributed by atoms with Crippen LogP contribution in [0, 0.1) is 0 Å². The zero-order valence-corrected chi connectivity index (χ0v) is 17.5. The first-order valence-electron chi connectivity index (χ1n) is 10.8. The van der Waals surface area contributed by atoms with Gasteiger partial charge in [-0.05, 0) is 49.0 Å². The predicted molar refractivity (Wildman–Crippen MR) is 112 cm³/mol. The topological polar surface area (TPSA) is 52.5 Å². The van der Waals surface area contributed by atoms with E-state index in [2.05, 4.69) is 39.9 Å². The lowest BCUT2D eigenvalue weighted by Gasteiger charge is -2.34. The van der Waals surface area contributed by atoms with Crippen LogP contribution in [0.25, 0.3) is 0 Å². The van der Waals surface area contributed by atoms with Gasteiger partial charge in [-0.2, -0.15) is 0 Å². The summed E-state index contributed by atoms with van der Waals surface area (Å²) < 4.78 is 0. The van der Waals surface area contributed by atoms with E-state index in [1.807, 2.05) is 0 Å². The molecular formula is C23H39NO2. The summed E-state index contributed by atoms with van der Waals surface area (Å²) in [6.07, 6.45) is 9.45. The van der Waals surface area contributed by atoms with Gasteiger partial charge in [0.1, 0.15) is 0 Å². The molecule has 0 amide bonds. The number of aromatic hydroxyl groups is 2. The molecule has 2 rings (SSSR count). The van der Waals surface area contributed by atoms with Crippen LogP contribution in [-0.4, -0.2) is 16.8 Å². The Morgan fingerprint density at radius 1 is 0.923 bits per heavy atom. The van der Waals surface area contributed by atoms with Crippen LogP contribution in [0.1, 0.15) is 109 Å². The van der Waals surface area contributed by atoms with Crippen molar-refractivity contribution < 1.29 is 10.2 Å². The highest BCUT2D eigenvalue weighted by Gasteiger charge is 2.37. The average molecular weight is 362 g/mol. The number of benzene rings is 1. The van der Waals surface area contributed by atoms with Crippen LogP contribution in [0.2, 0.25) is 0 Å². The molecule has 1 aromatic carbocycles. The molecule has 0 aliphatic carbocycles. The first kappa shape index (κ1) is 20.9. The summed E-state index contributed by atoms with van der Waals surface area (Å²) in [5.74, 6) is 0.607. The molecule has 1 aliphatic rings. The van der Waals surface area contributed by atoms with Gasteiger partial charge in [-0.3, -0.25) is 0 Å². The molecule has 148 valence electrons. The lowest BCUT2D eigenvalue weighted by Crippen LogP contribution is -2.24. The van der Waals surface area contributed by atoms with Crippen LogP contribution in [-0.2, 0) is 11.8 Å². The molecule has 3 N–H and O–H groups in total.